The minimum absolute atomic E-state index is 0.0532. The minimum atomic E-state index is -0.999. The number of ether oxygens (including phenoxy) is 3. The third-order valence-electron chi connectivity index (χ3n) is 12.8. The van der Waals surface area contributed by atoms with Crippen LogP contribution in [-0.2, 0) is 39.8 Å². The number of rotatable bonds is 13. The monoisotopic (exact) mass is 992 g/mol. The molecule has 0 radical (unpaired) electrons. The highest BCUT2D eigenvalue weighted by Gasteiger charge is 2.44. The van der Waals surface area contributed by atoms with Crippen molar-refractivity contribution in [3.63, 3.8) is 0 Å². The molecule has 3 heterocycles. The second kappa shape index (κ2) is 23.9. The van der Waals surface area contributed by atoms with E-state index in [1.165, 1.54) is 18.9 Å². The molecule has 392 valence electrons. The maximum atomic E-state index is 14.7. The molecule has 3 aliphatic rings. The number of nitrogens with one attached hydrogen (secondary N) is 1. The van der Waals surface area contributed by atoms with Gasteiger partial charge in [-0.1, -0.05) is 31.2 Å². The molecule has 3 aromatic rings. The SMILES string of the molecule is CC(C)(C)OC(=O)CN1CCN(CC(=O)OC(C)(C)C)CCN(C(CCC(=O)O)C(=O)OC(C)(C)C)CC1.CC1CC(C)(N2CCN(C(=O)c3cc(Cc4n[nH]c(=O)c5ccccc45)ccc3F)CC2)C1. The van der Waals surface area contributed by atoms with E-state index in [0.717, 1.165) is 30.0 Å². The first kappa shape index (κ1) is 56.6. The number of fused-ring (bicyclic) bond motifs is 1. The summed E-state index contributed by atoms with van der Waals surface area (Å²) in [5.41, 5.74) is -0.415. The molecule has 1 aliphatic carbocycles. The molecule has 2 aliphatic heterocycles. The third kappa shape index (κ3) is 17.5. The number of benzene rings is 2. The second-order valence-electron chi connectivity index (χ2n) is 22.6. The Balaban J connectivity index is 0.000000266. The van der Waals surface area contributed by atoms with Gasteiger partial charge in [-0.2, -0.15) is 5.10 Å². The highest BCUT2D eigenvalue weighted by molar-refractivity contribution is 5.95. The molecule has 2 saturated heterocycles. The number of piperazine rings is 1. The Labute approximate surface area is 418 Å². The van der Waals surface area contributed by atoms with Gasteiger partial charge in [-0.25, -0.2) is 9.49 Å². The van der Waals surface area contributed by atoms with E-state index in [0.29, 0.717) is 69.9 Å². The van der Waals surface area contributed by atoms with Crippen LogP contribution in [0.25, 0.3) is 10.8 Å². The summed E-state index contributed by atoms with van der Waals surface area (Å²) in [7, 11) is 0. The van der Waals surface area contributed by atoms with Crippen molar-refractivity contribution in [3.05, 3.63) is 75.5 Å². The van der Waals surface area contributed by atoms with Crippen molar-refractivity contribution >= 4 is 40.6 Å². The molecule has 1 atom stereocenters. The number of halogens is 1. The number of carboxylic acid groups (broad SMARTS) is 1. The highest BCUT2D eigenvalue weighted by Crippen LogP contribution is 2.42. The summed E-state index contributed by atoms with van der Waals surface area (Å²) in [5.74, 6) is -2.23. The summed E-state index contributed by atoms with van der Waals surface area (Å²) in [4.78, 5) is 84.9. The van der Waals surface area contributed by atoms with Crippen LogP contribution in [0, 0.1) is 11.7 Å². The predicted molar refractivity (Wildman–Crippen MR) is 268 cm³/mol. The van der Waals surface area contributed by atoms with Crippen LogP contribution >= 0.6 is 0 Å². The fourth-order valence-electron chi connectivity index (χ4n) is 9.64. The summed E-state index contributed by atoms with van der Waals surface area (Å²) in [5, 5.41) is 17.4. The van der Waals surface area contributed by atoms with E-state index < -0.39 is 40.6 Å². The molecule has 0 bridgehead atoms. The molecule has 17 nitrogen and oxygen atoms in total. The van der Waals surface area contributed by atoms with Crippen molar-refractivity contribution in [3.8, 4) is 0 Å². The quantitative estimate of drug-likeness (QED) is 0.155. The Morgan fingerprint density at radius 1 is 0.761 bits per heavy atom. The average molecular weight is 992 g/mol. The van der Waals surface area contributed by atoms with Crippen LogP contribution in [0.3, 0.4) is 0 Å². The third-order valence-corrected chi connectivity index (χ3v) is 12.8. The van der Waals surface area contributed by atoms with Crippen LogP contribution in [0.2, 0.25) is 0 Å². The lowest BCUT2D eigenvalue weighted by molar-refractivity contribution is -0.163. The minimum Gasteiger partial charge on any atom is -0.481 e. The number of aromatic nitrogens is 2. The van der Waals surface area contributed by atoms with E-state index in [2.05, 4.69) is 28.9 Å². The van der Waals surface area contributed by atoms with Crippen LogP contribution in [-0.4, -0.2) is 177 Å². The van der Waals surface area contributed by atoms with Crippen molar-refractivity contribution in [1.82, 2.24) is 34.7 Å². The molecule has 1 amide bonds. The Morgan fingerprint density at radius 2 is 1.28 bits per heavy atom. The van der Waals surface area contributed by atoms with Crippen LogP contribution in [0.1, 0.15) is 123 Å². The van der Waals surface area contributed by atoms with Gasteiger partial charge in [-0.15, -0.1) is 0 Å². The molecule has 3 fully saturated rings. The molecule has 1 unspecified atom stereocenters. The number of H-pyrrole nitrogens is 1. The number of hydrogen-bond donors (Lipinski definition) is 2. The topological polar surface area (TPSA) is 195 Å². The van der Waals surface area contributed by atoms with E-state index in [-0.39, 0.29) is 60.4 Å². The first-order valence-corrected chi connectivity index (χ1v) is 24.9. The molecule has 1 aromatic heterocycles. The van der Waals surface area contributed by atoms with Crippen molar-refractivity contribution in [1.29, 1.82) is 0 Å². The molecule has 6 rings (SSSR count). The lowest BCUT2D eigenvalue weighted by Gasteiger charge is -2.54. The van der Waals surface area contributed by atoms with E-state index in [1.54, 1.807) is 43.9 Å². The molecular weight excluding hydrogens is 914 g/mol. The average Bonchev–Trinajstić information content (AvgIpc) is 3.33. The van der Waals surface area contributed by atoms with Crippen LogP contribution in [0.4, 0.5) is 4.39 Å². The normalized spacial score (nSPS) is 20.6. The first-order chi connectivity index (χ1) is 33.1. The number of amides is 1. The number of carboxylic acids is 1. The number of carbonyl (C=O) groups excluding carboxylic acids is 4. The zero-order valence-electron chi connectivity index (χ0n) is 43.9. The fourth-order valence-corrected chi connectivity index (χ4v) is 9.64. The zero-order valence-corrected chi connectivity index (χ0v) is 43.9. The van der Waals surface area contributed by atoms with Gasteiger partial charge >= 0.3 is 23.9 Å². The lowest BCUT2D eigenvalue weighted by Crippen LogP contribution is -2.61. The number of carbonyl (C=O) groups is 5. The number of aromatic amines is 1. The standard InChI is InChI=1S/C27H49N3O8.C26H29FN4O2/c1-25(2,3)36-22(33)18-28-12-13-29(19-23(34)37-26(4,5)6)15-17-30(16-14-28)20(10-11-21(31)32)24(35)38-27(7,8)9;1-17-15-26(2,16-17)31-11-9-30(10-12-31)25(33)21-13-18(7-8-22(21)27)14-23-19-5-3-4-6-20(19)24(32)29-28-23/h20H,10-19H2,1-9H3,(H,31,32);3-8,13,17H,9-12,14-16H2,1-2H3,(H,29,32). The smallest absolute Gasteiger partial charge is 0.323 e. The van der Waals surface area contributed by atoms with Crippen LogP contribution < -0.4 is 5.56 Å². The maximum Gasteiger partial charge on any atom is 0.323 e. The van der Waals surface area contributed by atoms with Crippen LogP contribution in [0.15, 0.2) is 47.3 Å². The molecule has 2 N–H and O–H groups in total. The second-order valence-corrected chi connectivity index (χ2v) is 22.6. The van der Waals surface area contributed by atoms with Gasteiger partial charge in [0.2, 0.25) is 0 Å². The van der Waals surface area contributed by atoms with Gasteiger partial charge in [-0.05, 0) is 118 Å². The molecule has 71 heavy (non-hydrogen) atoms. The fraction of sp³-hybridized carbons (Fsp3) is 0.642. The van der Waals surface area contributed by atoms with Gasteiger partial charge in [0.15, 0.2) is 0 Å². The van der Waals surface area contributed by atoms with E-state index in [9.17, 15) is 38.3 Å². The Hall–Kier alpha value is -5.30. The number of aliphatic carboxylic acids is 1. The largest absolute Gasteiger partial charge is 0.481 e. The number of hydrogen-bond acceptors (Lipinski definition) is 14. The van der Waals surface area contributed by atoms with Crippen molar-refractivity contribution in [2.45, 2.75) is 137 Å². The van der Waals surface area contributed by atoms with Gasteiger partial charge < -0.3 is 24.2 Å². The summed E-state index contributed by atoms with van der Waals surface area (Å²) in [6.07, 6.45) is 2.68. The first-order valence-electron chi connectivity index (χ1n) is 24.9. The lowest BCUT2D eigenvalue weighted by atomic mass is 9.69. The van der Waals surface area contributed by atoms with Gasteiger partial charge in [0, 0.05) is 89.2 Å². The maximum absolute atomic E-state index is 14.7. The molecule has 18 heteroatoms. The van der Waals surface area contributed by atoms with E-state index in [4.69, 9.17) is 14.2 Å². The molecule has 1 saturated carbocycles. The Bertz CT molecular complexity index is 2350. The molecular formula is C53H78FN7O10. The van der Waals surface area contributed by atoms with E-state index >= 15 is 0 Å². The summed E-state index contributed by atoms with van der Waals surface area (Å²) < 4.78 is 31.3. The van der Waals surface area contributed by atoms with Crippen molar-refractivity contribution in [2.75, 3.05) is 78.5 Å². The van der Waals surface area contributed by atoms with Crippen LogP contribution in [0.5, 0.6) is 0 Å². The zero-order chi connectivity index (χ0) is 52.5. The molecule has 2 aromatic carbocycles. The Kier molecular flexibility index (Phi) is 19.1. The summed E-state index contributed by atoms with van der Waals surface area (Å²) in [6.45, 7) is 26.4. The summed E-state index contributed by atoms with van der Waals surface area (Å²) >= 11 is 0. The van der Waals surface area contributed by atoms with Gasteiger partial charge in [0.1, 0.15) is 28.7 Å². The summed E-state index contributed by atoms with van der Waals surface area (Å²) in [6, 6.07) is 11.1. The van der Waals surface area contributed by atoms with E-state index in [1.807, 2.05) is 74.4 Å². The van der Waals surface area contributed by atoms with Crippen molar-refractivity contribution < 1.29 is 47.7 Å². The van der Waals surface area contributed by atoms with Gasteiger partial charge in [0.25, 0.3) is 11.5 Å². The van der Waals surface area contributed by atoms with Gasteiger partial charge in [-0.3, -0.25) is 48.4 Å². The Morgan fingerprint density at radius 3 is 1.79 bits per heavy atom. The number of nitrogens with zero attached hydrogens (tertiary/aromatic N) is 6. The van der Waals surface area contributed by atoms with Crippen molar-refractivity contribution in [2.24, 2.45) is 5.92 Å². The number of esters is 3. The highest BCUT2D eigenvalue weighted by atomic mass is 19.1. The van der Waals surface area contributed by atoms with Gasteiger partial charge in [0.05, 0.1) is 29.7 Å². The predicted octanol–water partition coefficient (Wildman–Crippen LogP) is 5.76. The molecule has 0 spiro atoms.